The Morgan fingerprint density at radius 1 is 0.963 bits per heavy atom. The summed E-state index contributed by atoms with van der Waals surface area (Å²) < 4.78 is 5.91. The van der Waals surface area contributed by atoms with Crippen molar-refractivity contribution >= 4 is 5.97 Å². The van der Waals surface area contributed by atoms with E-state index in [1.165, 1.54) is 64.2 Å². The first-order valence-corrected chi connectivity index (χ1v) is 11.6. The van der Waals surface area contributed by atoms with Crippen LogP contribution in [0.3, 0.4) is 0 Å². The van der Waals surface area contributed by atoms with Gasteiger partial charge in [0.1, 0.15) is 0 Å². The van der Waals surface area contributed by atoms with Gasteiger partial charge in [-0.1, -0.05) is 38.7 Å². The molecule has 0 unspecified atom stereocenters. The number of carboxylic acids is 1. The first kappa shape index (κ1) is 22.5. The Morgan fingerprint density at radius 3 is 2.11 bits per heavy atom. The Kier molecular flexibility index (Phi) is 10.5. The lowest BCUT2D eigenvalue weighted by molar-refractivity contribution is -0.132. The SMILES string of the molecule is CCC[C@H]1CC[C@H]([C@H]2CC[C@H](COCCCCC=C(C)C(=O)O)CC2)CC1. The summed E-state index contributed by atoms with van der Waals surface area (Å²) in [6.07, 6.45) is 19.0. The maximum Gasteiger partial charge on any atom is 0.330 e. The fourth-order valence-corrected chi connectivity index (χ4v) is 5.19. The van der Waals surface area contributed by atoms with E-state index in [4.69, 9.17) is 9.84 Å². The highest BCUT2D eigenvalue weighted by Crippen LogP contribution is 2.42. The van der Waals surface area contributed by atoms with E-state index in [2.05, 4.69) is 6.92 Å². The van der Waals surface area contributed by atoms with Gasteiger partial charge in [0.05, 0.1) is 0 Å². The van der Waals surface area contributed by atoms with E-state index in [1.54, 1.807) is 6.92 Å². The van der Waals surface area contributed by atoms with Crippen LogP contribution in [0.2, 0.25) is 0 Å². The normalized spacial score (nSPS) is 29.6. The van der Waals surface area contributed by atoms with E-state index >= 15 is 0 Å². The third-order valence-corrected chi connectivity index (χ3v) is 7.03. The fraction of sp³-hybridized carbons (Fsp3) is 0.875. The van der Waals surface area contributed by atoms with Crippen LogP contribution in [0.1, 0.15) is 97.3 Å². The molecule has 0 spiro atoms. The van der Waals surface area contributed by atoms with Crippen LogP contribution in [0.5, 0.6) is 0 Å². The maximum absolute atomic E-state index is 10.7. The van der Waals surface area contributed by atoms with E-state index in [1.807, 2.05) is 6.08 Å². The Balaban J connectivity index is 1.49. The van der Waals surface area contributed by atoms with Crippen LogP contribution in [0.15, 0.2) is 11.6 Å². The molecule has 0 heterocycles. The second-order valence-electron chi connectivity index (χ2n) is 9.11. The van der Waals surface area contributed by atoms with Crippen LogP contribution < -0.4 is 0 Å². The van der Waals surface area contributed by atoms with Gasteiger partial charge in [-0.15, -0.1) is 0 Å². The lowest BCUT2D eigenvalue weighted by atomic mass is 9.69. The van der Waals surface area contributed by atoms with Gasteiger partial charge in [-0.2, -0.15) is 0 Å². The minimum atomic E-state index is -0.809. The summed E-state index contributed by atoms with van der Waals surface area (Å²) in [5, 5.41) is 8.81. The van der Waals surface area contributed by atoms with Gasteiger partial charge < -0.3 is 9.84 Å². The second-order valence-corrected chi connectivity index (χ2v) is 9.11. The Hall–Kier alpha value is -0.830. The van der Waals surface area contributed by atoms with Crippen molar-refractivity contribution in [3.63, 3.8) is 0 Å². The Bertz CT molecular complexity index is 441. The highest BCUT2D eigenvalue weighted by atomic mass is 16.5. The monoisotopic (exact) mass is 378 g/mol. The largest absolute Gasteiger partial charge is 0.478 e. The Labute approximate surface area is 167 Å². The third-order valence-electron chi connectivity index (χ3n) is 7.03. The molecule has 0 aliphatic heterocycles. The van der Waals surface area contributed by atoms with Gasteiger partial charge in [-0.3, -0.25) is 0 Å². The number of unbranched alkanes of at least 4 members (excludes halogenated alkanes) is 2. The number of aliphatic carboxylic acids is 1. The van der Waals surface area contributed by atoms with Crippen LogP contribution in [-0.4, -0.2) is 24.3 Å². The molecule has 0 radical (unpaired) electrons. The first-order chi connectivity index (χ1) is 13.1. The minimum absolute atomic E-state index is 0.450. The van der Waals surface area contributed by atoms with Crippen molar-refractivity contribution in [2.45, 2.75) is 97.3 Å². The molecule has 0 amide bonds. The van der Waals surface area contributed by atoms with Gasteiger partial charge >= 0.3 is 5.97 Å². The number of ether oxygens (including phenoxy) is 1. The van der Waals surface area contributed by atoms with Crippen molar-refractivity contribution in [3.8, 4) is 0 Å². The van der Waals surface area contributed by atoms with E-state index in [0.717, 1.165) is 56.1 Å². The molecular weight excluding hydrogens is 336 g/mol. The van der Waals surface area contributed by atoms with Crippen molar-refractivity contribution in [1.82, 2.24) is 0 Å². The molecule has 27 heavy (non-hydrogen) atoms. The van der Waals surface area contributed by atoms with Crippen LogP contribution in [-0.2, 0) is 9.53 Å². The first-order valence-electron chi connectivity index (χ1n) is 11.6. The highest BCUT2D eigenvalue weighted by Gasteiger charge is 2.30. The molecule has 0 aromatic carbocycles. The average molecular weight is 379 g/mol. The summed E-state index contributed by atoms with van der Waals surface area (Å²) in [6, 6.07) is 0. The van der Waals surface area contributed by atoms with Crippen molar-refractivity contribution < 1.29 is 14.6 Å². The van der Waals surface area contributed by atoms with E-state index in [-0.39, 0.29) is 0 Å². The Morgan fingerprint density at radius 2 is 1.56 bits per heavy atom. The number of allylic oxidation sites excluding steroid dienone is 1. The summed E-state index contributed by atoms with van der Waals surface area (Å²) in [4.78, 5) is 10.7. The van der Waals surface area contributed by atoms with Gasteiger partial charge in [0, 0.05) is 18.8 Å². The standard InChI is InChI=1S/C24H42O3/c1-3-7-20-9-13-22(14-10-20)23-15-11-21(12-16-23)18-27-17-6-4-5-8-19(2)24(25)26/h8,20-23H,3-7,9-18H2,1-2H3,(H,25,26)/t20-,21-,22-,23-. The van der Waals surface area contributed by atoms with Crippen LogP contribution >= 0.6 is 0 Å². The van der Waals surface area contributed by atoms with E-state index in [9.17, 15) is 4.79 Å². The second kappa shape index (κ2) is 12.6. The number of hydrogen-bond donors (Lipinski definition) is 1. The fourth-order valence-electron chi connectivity index (χ4n) is 5.19. The summed E-state index contributed by atoms with van der Waals surface area (Å²) in [5.41, 5.74) is 0.450. The predicted molar refractivity (Wildman–Crippen MR) is 112 cm³/mol. The van der Waals surface area contributed by atoms with Gasteiger partial charge in [0.2, 0.25) is 0 Å². The molecule has 2 fully saturated rings. The minimum Gasteiger partial charge on any atom is -0.478 e. The molecule has 0 aromatic rings. The molecule has 1 N–H and O–H groups in total. The molecule has 0 bridgehead atoms. The molecule has 2 aliphatic carbocycles. The maximum atomic E-state index is 10.7. The number of carboxylic acid groups (broad SMARTS) is 1. The summed E-state index contributed by atoms with van der Waals surface area (Å²) >= 11 is 0. The average Bonchev–Trinajstić information content (AvgIpc) is 2.68. The van der Waals surface area contributed by atoms with Crippen LogP contribution in [0, 0.1) is 23.7 Å². The number of hydrogen-bond acceptors (Lipinski definition) is 2. The predicted octanol–water partition coefficient (Wildman–Crippen LogP) is 6.62. The van der Waals surface area contributed by atoms with E-state index in [0.29, 0.717) is 5.57 Å². The van der Waals surface area contributed by atoms with Crippen molar-refractivity contribution in [2.75, 3.05) is 13.2 Å². The molecule has 3 nitrogen and oxygen atoms in total. The zero-order chi connectivity index (χ0) is 19.5. The molecule has 0 atom stereocenters. The van der Waals surface area contributed by atoms with Crippen molar-refractivity contribution in [1.29, 1.82) is 0 Å². The third kappa shape index (κ3) is 8.37. The molecule has 0 saturated heterocycles. The molecule has 2 aliphatic rings. The summed E-state index contributed by atoms with van der Waals surface area (Å²) in [6.45, 7) is 5.74. The summed E-state index contributed by atoms with van der Waals surface area (Å²) in [7, 11) is 0. The zero-order valence-corrected chi connectivity index (χ0v) is 17.8. The van der Waals surface area contributed by atoms with Crippen LogP contribution in [0.25, 0.3) is 0 Å². The van der Waals surface area contributed by atoms with Crippen LogP contribution in [0.4, 0.5) is 0 Å². The lowest BCUT2D eigenvalue weighted by Gasteiger charge is -2.37. The van der Waals surface area contributed by atoms with Gasteiger partial charge in [-0.25, -0.2) is 4.79 Å². The van der Waals surface area contributed by atoms with E-state index < -0.39 is 5.97 Å². The lowest BCUT2D eigenvalue weighted by Crippen LogP contribution is -2.27. The smallest absolute Gasteiger partial charge is 0.330 e. The molecular formula is C24H42O3. The molecule has 0 aromatic heterocycles. The van der Waals surface area contributed by atoms with Gasteiger partial charge in [0.25, 0.3) is 0 Å². The quantitative estimate of drug-likeness (QED) is 0.325. The molecule has 156 valence electrons. The molecule has 3 heteroatoms. The topological polar surface area (TPSA) is 46.5 Å². The number of rotatable bonds is 11. The zero-order valence-electron chi connectivity index (χ0n) is 17.8. The number of carbonyl (C=O) groups is 1. The van der Waals surface area contributed by atoms with Crippen molar-refractivity contribution in [3.05, 3.63) is 11.6 Å². The van der Waals surface area contributed by atoms with Gasteiger partial charge in [0.15, 0.2) is 0 Å². The molecule has 2 saturated carbocycles. The summed E-state index contributed by atoms with van der Waals surface area (Å²) in [5.74, 6) is 3.00. The molecule has 2 rings (SSSR count). The highest BCUT2D eigenvalue weighted by molar-refractivity contribution is 5.85. The van der Waals surface area contributed by atoms with Gasteiger partial charge in [-0.05, 0) is 88.4 Å². The van der Waals surface area contributed by atoms with Crippen molar-refractivity contribution in [2.24, 2.45) is 23.7 Å².